The summed E-state index contributed by atoms with van der Waals surface area (Å²) in [6.07, 6.45) is 3.10. The number of nitrogens with zero attached hydrogens (tertiary/aromatic N) is 3. The van der Waals surface area contributed by atoms with Gasteiger partial charge >= 0.3 is 0 Å². The van der Waals surface area contributed by atoms with Crippen LogP contribution in [-0.4, -0.2) is 15.1 Å². The van der Waals surface area contributed by atoms with E-state index in [0.717, 1.165) is 0 Å². The van der Waals surface area contributed by atoms with Crippen molar-refractivity contribution in [2.24, 2.45) is 0 Å². The van der Waals surface area contributed by atoms with Crippen LogP contribution in [0.3, 0.4) is 0 Å². The lowest BCUT2D eigenvalue weighted by atomic mass is 10.2. The molecular formula is C13H8BrFN4O. The molecule has 0 saturated carbocycles. The molecule has 3 aromatic rings. The molecular weight excluding hydrogens is 327 g/mol. The lowest BCUT2D eigenvalue weighted by molar-refractivity contribution is 0.432. The predicted molar refractivity (Wildman–Crippen MR) is 75.0 cm³/mol. The minimum atomic E-state index is -0.350. The highest BCUT2D eigenvalue weighted by Crippen LogP contribution is 2.26. The van der Waals surface area contributed by atoms with Gasteiger partial charge < -0.3 is 10.3 Å². The standard InChI is InChI=1S/C13H8BrFN4O/c14-10-4-7(1-2-11(10)15)12-18-13(20-19-12)8-3-9(16)6-17-5-8/h1-6H,16H2. The van der Waals surface area contributed by atoms with Gasteiger partial charge in [0.05, 0.1) is 15.7 Å². The first-order valence-electron chi connectivity index (χ1n) is 5.63. The van der Waals surface area contributed by atoms with E-state index in [4.69, 9.17) is 10.3 Å². The quantitative estimate of drug-likeness (QED) is 0.778. The van der Waals surface area contributed by atoms with Gasteiger partial charge in [-0.3, -0.25) is 4.98 Å². The van der Waals surface area contributed by atoms with Crippen LogP contribution in [-0.2, 0) is 0 Å². The minimum absolute atomic E-state index is 0.306. The fourth-order valence-electron chi connectivity index (χ4n) is 1.67. The first-order valence-corrected chi connectivity index (χ1v) is 6.43. The maximum absolute atomic E-state index is 13.2. The molecule has 2 heterocycles. The van der Waals surface area contributed by atoms with Crippen molar-refractivity contribution in [2.45, 2.75) is 0 Å². The largest absolute Gasteiger partial charge is 0.397 e. The number of hydrogen-bond acceptors (Lipinski definition) is 5. The Hall–Kier alpha value is -2.28. The Morgan fingerprint density at radius 1 is 1.15 bits per heavy atom. The topological polar surface area (TPSA) is 77.8 Å². The van der Waals surface area contributed by atoms with E-state index in [1.807, 2.05) is 0 Å². The molecule has 0 aliphatic heterocycles. The molecule has 100 valence electrons. The van der Waals surface area contributed by atoms with Crippen LogP contribution in [0.4, 0.5) is 10.1 Å². The van der Waals surface area contributed by atoms with Gasteiger partial charge in [0, 0.05) is 18.0 Å². The molecule has 0 spiro atoms. The summed E-state index contributed by atoms with van der Waals surface area (Å²) in [6.45, 7) is 0. The summed E-state index contributed by atoms with van der Waals surface area (Å²) < 4.78 is 18.7. The molecule has 7 heteroatoms. The second-order valence-corrected chi connectivity index (χ2v) is 4.91. The number of rotatable bonds is 2. The van der Waals surface area contributed by atoms with Crippen molar-refractivity contribution in [1.29, 1.82) is 0 Å². The molecule has 3 rings (SSSR count). The van der Waals surface area contributed by atoms with Crippen LogP contribution in [0, 0.1) is 5.82 Å². The first kappa shape index (κ1) is 12.7. The molecule has 0 radical (unpaired) electrons. The highest BCUT2D eigenvalue weighted by atomic mass is 79.9. The number of hydrogen-bond donors (Lipinski definition) is 1. The average molecular weight is 335 g/mol. The second-order valence-electron chi connectivity index (χ2n) is 4.06. The Balaban J connectivity index is 1.99. The van der Waals surface area contributed by atoms with Crippen LogP contribution in [0.5, 0.6) is 0 Å². The van der Waals surface area contributed by atoms with E-state index in [0.29, 0.717) is 33.0 Å². The third kappa shape index (κ3) is 2.39. The summed E-state index contributed by atoms with van der Waals surface area (Å²) in [5.41, 5.74) is 7.43. The van der Waals surface area contributed by atoms with Gasteiger partial charge in [0.1, 0.15) is 5.82 Å². The van der Waals surface area contributed by atoms with Crippen molar-refractivity contribution in [3.8, 4) is 22.8 Å². The van der Waals surface area contributed by atoms with Gasteiger partial charge in [-0.1, -0.05) is 5.16 Å². The lowest BCUT2D eigenvalue weighted by Gasteiger charge is -1.97. The molecule has 0 fully saturated rings. The van der Waals surface area contributed by atoms with Crippen LogP contribution in [0.15, 0.2) is 45.7 Å². The van der Waals surface area contributed by atoms with E-state index in [9.17, 15) is 4.39 Å². The number of nitrogens with two attached hydrogens (primary N) is 1. The van der Waals surface area contributed by atoms with Crippen molar-refractivity contribution in [1.82, 2.24) is 15.1 Å². The van der Waals surface area contributed by atoms with Crippen molar-refractivity contribution in [2.75, 3.05) is 5.73 Å². The van der Waals surface area contributed by atoms with E-state index < -0.39 is 0 Å². The van der Waals surface area contributed by atoms with Crippen LogP contribution >= 0.6 is 15.9 Å². The molecule has 0 aliphatic carbocycles. The summed E-state index contributed by atoms with van der Waals surface area (Å²) in [6, 6.07) is 6.18. The number of nitrogen functional groups attached to an aromatic ring is 1. The number of halogens is 2. The highest BCUT2D eigenvalue weighted by molar-refractivity contribution is 9.10. The summed E-state index contributed by atoms with van der Waals surface area (Å²) in [7, 11) is 0. The van der Waals surface area contributed by atoms with Gasteiger partial charge in [-0.25, -0.2) is 4.39 Å². The summed E-state index contributed by atoms with van der Waals surface area (Å²) in [4.78, 5) is 8.20. The SMILES string of the molecule is Nc1cncc(-c2nc(-c3ccc(F)c(Br)c3)no2)c1. The molecule has 1 aromatic carbocycles. The molecule has 2 N–H and O–H groups in total. The zero-order valence-electron chi connectivity index (χ0n) is 10.0. The zero-order valence-corrected chi connectivity index (χ0v) is 11.6. The number of pyridine rings is 1. The molecule has 0 saturated heterocycles. The van der Waals surface area contributed by atoms with E-state index in [2.05, 4.69) is 31.1 Å². The van der Waals surface area contributed by atoms with E-state index in [1.54, 1.807) is 24.4 Å². The fraction of sp³-hybridized carbons (Fsp3) is 0. The number of benzene rings is 1. The Morgan fingerprint density at radius 2 is 2.00 bits per heavy atom. The minimum Gasteiger partial charge on any atom is -0.397 e. The summed E-state index contributed by atoms with van der Waals surface area (Å²) >= 11 is 3.12. The number of aromatic nitrogens is 3. The van der Waals surface area contributed by atoms with Gasteiger partial charge in [0.15, 0.2) is 0 Å². The third-order valence-electron chi connectivity index (χ3n) is 2.61. The Labute approximate surface area is 121 Å². The van der Waals surface area contributed by atoms with Crippen LogP contribution < -0.4 is 5.73 Å². The Morgan fingerprint density at radius 3 is 2.75 bits per heavy atom. The lowest BCUT2D eigenvalue weighted by Crippen LogP contribution is -1.88. The van der Waals surface area contributed by atoms with Gasteiger partial charge in [0.25, 0.3) is 5.89 Å². The molecule has 5 nitrogen and oxygen atoms in total. The molecule has 0 atom stereocenters. The summed E-state index contributed by atoms with van der Waals surface area (Å²) in [5.74, 6) is 0.320. The Kier molecular flexibility index (Phi) is 3.19. The molecule has 0 bridgehead atoms. The maximum atomic E-state index is 13.2. The van der Waals surface area contributed by atoms with Gasteiger partial charge in [0.2, 0.25) is 5.82 Å². The van der Waals surface area contributed by atoms with Crippen molar-refractivity contribution in [3.63, 3.8) is 0 Å². The van der Waals surface area contributed by atoms with Crippen molar-refractivity contribution < 1.29 is 8.91 Å². The second kappa shape index (κ2) is 5.01. The highest BCUT2D eigenvalue weighted by Gasteiger charge is 2.12. The number of anilines is 1. The maximum Gasteiger partial charge on any atom is 0.259 e. The van der Waals surface area contributed by atoms with E-state index >= 15 is 0 Å². The van der Waals surface area contributed by atoms with Gasteiger partial charge in [-0.05, 0) is 40.2 Å². The van der Waals surface area contributed by atoms with Crippen LogP contribution in [0.25, 0.3) is 22.8 Å². The molecule has 0 unspecified atom stereocenters. The molecule has 0 amide bonds. The van der Waals surface area contributed by atoms with Crippen molar-refractivity contribution in [3.05, 3.63) is 46.9 Å². The van der Waals surface area contributed by atoms with E-state index in [1.165, 1.54) is 12.3 Å². The molecule has 0 aliphatic rings. The Bertz CT molecular complexity index is 775. The average Bonchev–Trinajstić information content (AvgIpc) is 2.92. The van der Waals surface area contributed by atoms with Crippen molar-refractivity contribution >= 4 is 21.6 Å². The fourth-order valence-corrected chi connectivity index (χ4v) is 2.05. The predicted octanol–water partition coefficient (Wildman–Crippen LogP) is 3.28. The molecule has 20 heavy (non-hydrogen) atoms. The first-order chi connectivity index (χ1) is 9.63. The van der Waals surface area contributed by atoms with E-state index in [-0.39, 0.29) is 5.82 Å². The van der Waals surface area contributed by atoms with Crippen LogP contribution in [0.1, 0.15) is 0 Å². The normalized spacial score (nSPS) is 10.7. The summed E-state index contributed by atoms with van der Waals surface area (Å²) in [5, 5.41) is 3.87. The van der Waals surface area contributed by atoms with Gasteiger partial charge in [-0.15, -0.1) is 0 Å². The monoisotopic (exact) mass is 334 g/mol. The van der Waals surface area contributed by atoms with Gasteiger partial charge in [-0.2, -0.15) is 4.98 Å². The zero-order chi connectivity index (χ0) is 14.1. The smallest absolute Gasteiger partial charge is 0.259 e. The third-order valence-corrected chi connectivity index (χ3v) is 3.22. The van der Waals surface area contributed by atoms with Crippen LogP contribution in [0.2, 0.25) is 0 Å². The molecule has 2 aromatic heterocycles.